The number of amides is 1. The molecule has 52 valence electrons. The Bertz CT molecular complexity index is 113. The minimum absolute atomic E-state index is 0.139. The summed E-state index contributed by atoms with van der Waals surface area (Å²) in [6.07, 6.45) is -0.938. The van der Waals surface area contributed by atoms with Crippen molar-refractivity contribution in [2.75, 3.05) is 0 Å². The molecule has 0 radical (unpaired) electrons. The molecule has 2 N–H and O–H groups in total. The second kappa shape index (κ2) is 3.85. The maximum atomic E-state index is 10.3. The summed E-state index contributed by atoms with van der Waals surface area (Å²) in [4.78, 5) is 19.8. The summed E-state index contributed by atoms with van der Waals surface area (Å²) in [6, 6.07) is 0. The van der Waals surface area contributed by atoms with E-state index in [4.69, 9.17) is 5.21 Å². The van der Waals surface area contributed by atoms with Gasteiger partial charge < -0.3 is 4.74 Å². The highest BCUT2D eigenvalue weighted by molar-refractivity contribution is 5.79. The van der Waals surface area contributed by atoms with Crippen molar-refractivity contribution in [1.29, 1.82) is 0 Å². The Morgan fingerprint density at radius 2 is 2.44 bits per heavy atom. The van der Waals surface area contributed by atoms with E-state index in [9.17, 15) is 9.59 Å². The molecule has 5 heteroatoms. The van der Waals surface area contributed by atoms with Gasteiger partial charge in [0, 0.05) is 0 Å². The van der Waals surface area contributed by atoms with Gasteiger partial charge in [-0.05, 0) is 6.92 Å². The standard InChI is InChI=1S/C4H7NO4/c1-3(9-2-6)4(7)5-8/h2-3,8H,1H3,(H,5,7). The molecule has 1 amide bonds. The van der Waals surface area contributed by atoms with Crippen molar-refractivity contribution in [2.45, 2.75) is 13.0 Å². The van der Waals surface area contributed by atoms with Crippen LogP contribution in [0.25, 0.3) is 0 Å². The third kappa shape index (κ3) is 2.65. The zero-order chi connectivity index (χ0) is 7.28. The molecule has 1 atom stereocenters. The van der Waals surface area contributed by atoms with Crippen LogP contribution in [0.1, 0.15) is 6.92 Å². The van der Waals surface area contributed by atoms with Gasteiger partial charge in [0.15, 0.2) is 6.10 Å². The van der Waals surface area contributed by atoms with Crippen LogP contribution >= 0.6 is 0 Å². The van der Waals surface area contributed by atoms with Crippen molar-refractivity contribution in [3.8, 4) is 0 Å². The summed E-state index contributed by atoms with van der Waals surface area (Å²) in [5.74, 6) is -0.748. The summed E-state index contributed by atoms with van der Waals surface area (Å²) < 4.78 is 4.14. The van der Waals surface area contributed by atoms with Crippen LogP contribution in [0.4, 0.5) is 0 Å². The van der Waals surface area contributed by atoms with E-state index in [1.165, 1.54) is 12.4 Å². The van der Waals surface area contributed by atoms with Crippen LogP contribution in [0, 0.1) is 0 Å². The van der Waals surface area contributed by atoms with Crippen molar-refractivity contribution in [1.82, 2.24) is 5.48 Å². The second-order valence-electron chi connectivity index (χ2n) is 1.35. The molecule has 0 bridgehead atoms. The highest BCUT2D eigenvalue weighted by atomic mass is 16.5. The third-order valence-electron chi connectivity index (χ3n) is 0.739. The van der Waals surface area contributed by atoms with Gasteiger partial charge >= 0.3 is 0 Å². The zero-order valence-corrected chi connectivity index (χ0v) is 4.83. The molecule has 1 unspecified atom stereocenters. The molecule has 0 aliphatic heterocycles. The fourth-order valence-electron chi connectivity index (χ4n) is 0.236. The van der Waals surface area contributed by atoms with Gasteiger partial charge in [0.25, 0.3) is 12.4 Å². The Hall–Kier alpha value is -1.10. The number of ether oxygens (including phenoxy) is 1. The van der Waals surface area contributed by atoms with Crippen LogP contribution in [0.5, 0.6) is 0 Å². The van der Waals surface area contributed by atoms with Crippen LogP contribution in [0.15, 0.2) is 0 Å². The topological polar surface area (TPSA) is 75.6 Å². The summed E-state index contributed by atoms with van der Waals surface area (Å²) in [5, 5.41) is 7.94. The maximum absolute atomic E-state index is 10.3. The van der Waals surface area contributed by atoms with Crippen LogP contribution < -0.4 is 5.48 Å². The predicted octanol–water partition coefficient (Wildman–Crippen LogP) is -0.947. The average molecular weight is 133 g/mol. The molecule has 0 saturated carbocycles. The molecular weight excluding hydrogens is 126 g/mol. The molecule has 0 aromatic heterocycles. The van der Waals surface area contributed by atoms with Crippen molar-refractivity contribution in [2.24, 2.45) is 0 Å². The van der Waals surface area contributed by atoms with Crippen molar-refractivity contribution in [3.63, 3.8) is 0 Å². The van der Waals surface area contributed by atoms with Gasteiger partial charge in [0.05, 0.1) is 0 Å². The molecule has 0 aromatic carbocycles. The van der Waals surface area contributed by atoms with Gasteiger partial charge in [-0.25, -0.2) is 5.48 Å². The number of rotatable bonds is 3. The van der Waals surface area contributed by atoms with E-state index in [-0.39, 0.29) is 6.47 Å². The van der Waals surface area contributed by atoms with E-state index in [1.54, 1.807) is 0 Å². The lowest BCUT2D eigenvalue weighted by atomic mass is 10.4. The Morgan fingerprint density at radius 1 is 1.89 bits per heavy atom. The van der Waals surface area contributed by atoms with E-state index >= 15 is 0 Å². The first-order valence-corrected chi connectivity index (χ1v) is 2.25. The van der Waals surface area contributed by atoms with Crippen LogP contribution in [0.3, 0.4) is 0 Å². The number of carbonyl (C=O) groups excluding carboxylic acids is 2. The molecule has 0 aromatic rings. The van der Waals surface area contributed by atoms with Crippen molar-refractivity contribution in [3.05, 3.63) is 0 Å². The minimum Gasteiger partial charge on any atom is -0.455 e. The lowest BCUT2D eigenvalue weighted by Gasteiger charge is -2.04. The average Bonchev–Trinajstić information content (AvgIpc) is 1.87. The lowest BCUT2D eigenvalue weighted by Crippen LogP contribution is -2.31. The SMILES string of the molecule is CC(OC=O)C(=O)NO. The minimum atomic E-state index is -0.938. The second-order valence-corrected chi connectivity index (χ2v) is 1.35. The molecule has 9 heavy (non-hydrogen) atoms. The molecule has 0 rings (SSSR count). The largest absolute Gasteiger partial charge is 0.455 e. The molecule has 0 saturated heterocycles. The molecular formula is C4H7NO4. The summed E-state index contributed by atoms with van der Waals surface area (Å²) in [5.41, 5.74) is 1.33. The lowest BCUT2D eigenvalue weighted by molar-refractivity contribution is -0.148. The van der Waals surface area contributed by atoms with Crippen LogP contribution in [-0.4, -0.2) is 23.7 Å². The Morgan fingerprint density at radius 3 is 2.78 bits per heavy atom. The van der Waals surface area contributed by atoms with Crippen LogP contribution in [0.2, 0.25) is 0 Å². The van der Waals surface area contributed by atoms with Crippen LogP contribution in [-0.2, 0) is 14.3 Å². The predicted molar refractivity (Wildman–Crippen MR) is 26.5 cm³/mol. The summed E-state index contributed by atoms with van der Waals surface area (Å²) >= 11 is 0. The van der Waals surface area contributed by atoms with E-state index in [0.717, 1.165) is 0 Å². The third-order valence-corrected chi connectivity index (χ3v) is 0.739. The van der Waals surface area contributed by atoms with E-state index < -0.39 is 12.0 Å². The number of hydrogen-bond acceptors (Lipinski definition) is 4. The van der Waals surface area contributed by atoms with E-state index in [1.807, 2.05) is 0 Å². The van der Waals surface area contributed by atoms with Gasteiger partial charge in [0.1, 0.15) is 0 Å². The highest BCUT2D eigenvalue weighted by Crippen LogP contribution is 1.84. The Kier molecular flexibility index (Phi) is 3.38. The molecule has 0 aliphatic carbocycles. The fourth-order valence-corrected chi connectivity index (χ4v) is 0.236. The number of hydroxylamine groups is 1. The first kappa shape index (κ1) is 7.90. The maximum Gasteiger partial charge on any atom is 0.293 e. The monoisotopic (exact) mass is 133 g/mol. The first-order valence-electron chi connectivity index (χ1n) is 2.25. The molecule has 0 heterocycles. The summed E-state index contributed by atoms with van der Waals surface area (Å²) in [7, 11) is 0. The normalized spacial score (nSPS) is 11.8. The van der Waals surface area contributed by atoms with Gasteiger partial charge in [-0.3, -0.25) is 14.8 Å². The van der Waals surface area contributed by atoms with Gasteiger partial charge in [-0.15, -0.1) is 0 Å². The molecule has 5 nitrogen and oxygen atoms in total. The first-order chi connectivity index (χ1) is 4.22. The number of carbonyl (C=O) groups is 2. The van der Waals surface area contributed by atoms with Gasteiger partial charge in [0.2, 0.25) is 0 Å². The van der Waals surface area contributed by atoms with E-state index in [2.05, 4.69) is 4.74 Å². The molecule has 0 fully saturated rings. The Balaban J connectivity index is 3.58. The zero-order valence-electron chi connectivity index (χ0n) is 4.83. The molecule has 0 aliphatic rings. The highest BCUT2D eigenvalue weighted by Gasteiger charge is 2.10. The van der Waals surface area contributed by atoms with Crippen molar-refractivity contribution >= 4 is 12.4 Å². The number of nitrogens with one attached hydrogen (secondary N) is 1. The summed E-state index contributed by atoms with van der Waals surface area (Å²) in [6.45, 7) is 1.47. The van der Waals surface area contributed by atoms with E-state index in [0.29, 0.717) is 0 Å². The quantitative estimate of drug-likeness (QED) is 0.296. The molecule has 0 spiro atoms. The van der Waals surface area contributed by atoms with Gasteiger partial charge in [-0.1, -0.05) is 0 Å². The Labute approximate surface area is 51.6 Å². The smallest absolute Gasteiger partial charge is 0.293 e. The van der Waals surface area contributed by atoms with Gasteiger partial charge in [-0.2, -0.15) is 0 Å². The number of hydrogen-bond donors (Lipinski definition) is 2. The fraction of sp³-hybridized carbons (Fsp3) is 0.500. The van der Waals surface area contributed by atoms with Crippen molar-refractivity contribution < 1.29 is 19.5 Å².